The summed E-state index contributed by atoms with van der Waals surface area (Å²) in [6.07, 6.45) is 1.92. The van der Waals surface area contributed by atoms with Crippen molar-refractivity contribution in [1.82, 2.24) is 14.9 Å². The lowest BCUT2D eigenvalue weighted by molar-refractivity contribution is 0.701. The number of fused-ring (bicyclic) bond motifs is 3. The van der Waals surface area contributed by atoms with Crippen LogP contribution in [-0.2, 0) is 6.54 Å². The van der Waals surface area contributed by atoms with Crippen molar-refractivity contribution in [2.24, 2.45) is 4.99 Å². The molecule has 0 saturated carbocycles. The standard InChI is InChI=1S/C20H18BrClN4/c1-12-20-24-11-14(10-23-2)26(20)18-9-13(21)7-8-16(18)19(25-12)15-5-3-4-6-17(15)22/h3-9,11-12,23H,10H2,1-2H3. The molecule has 0 saturated heterocycles. The van der Waals surface area contributed by atoms with Gasteiger partial charge < -0.3 is 5.32 Å². The molecule has 6 heteroatoms. The van der Waals surface area contributed by atoms with Crippen LogP contribution in [0.3, 0.4) is 0 Å². The summed E-state index contributed by atoms with van der Waals surface area (Å²) in [7, 11) is 1.94. The van der Waals surface area contributed by atoms with Crippen LogP contribution in [0.25, 0.3) is 5.69 Å². The molecule has 1 atom stereocenters. The molecule has 1 N–H and O–H groups in total. The quantitative estimate of drug-likeness (QED) is 0.642. The van der Waals surface area contributed by atoms with E-state index in [9.17, 15) is 0 Å². The first-order valence-corrected chi connectivity index (χ1v) is 9.61. The van der Waals surface area contributed by atoms with E-state index in [1.807, 2.05) is 43.6 Å². The van der Waals surface area contributed by atoms with Gasteiger partial charge in [-0.1, -0.05) is 45.7 Å². The summed E-state index contributed by atoms with van der Waals surface area (Å²) in [4.78, 5) is 9.67. The van der Waals surface area contributed by atoms with Gasteiger partial charge in [-0.05, 0) is 38.2 Å². The van der Waals surface area contributed by atoms with Gasteiger partial charge in [-0.15, -0.1) is 0 Å². The lowest BCUT2D eigenvalue weighted by atomic mass is 10.00. The van der Waals surface area contributed by atoms with Gasteiger partial charge in [0, 0.05) is 27.2 Å². The normalized spacial score (nSPS) is 15.8. The Morgan fingerprint density at radius 3 is 2.77 bits per heavy atom. The van der Waals surface area contributed by atoms with E-state index in [1.54, 1.807) is 0 Å². The monoisotopic (exact) mass is 428 g/mol. The van der Waals surface area contributed by atoms with Crippen LogP contribution in [0.15, 0.2) is 58.1 Å². The number of rotatable bonds is 3. The summed E-state index contributed by atoms with van der Waals surface area (Å²) in [6.45, 7) is 2.80. The zero-order valence-electron chi connectivity index (χ0n) is 14.5. The van der Waals surface area contributed by atoms with Crippen molar-refractivity contribution in [3.05, 3.63) is 80.8 Å². The third-order valence-corrected chi connectivity index (χ3v) is 5.32. The topological polar surface area (TPSA) is 42.2 Å². The molecular weight excluding hydrogens is 412 g/mol. The van der Waals surface area contributed by atoms with Gasteiger partial charge >= 0.3 is 0 Å². The number of halogens is 2. The minimum absolute atomic E-state index is 0.0851. The molecule has 1 aliphatic rings. The number of imidazole rings is 1. The summed E-state index contributed by atoms with van der Waals surface area (Å²) >= 11 is 10.1. The average molecular weight is 430 g/mol. The molecule has 2 aromatic carbocycles. The van der Waals surface area contributed by atoms with Gasteiger partial charge in [-0.2, -0.15) is 0 Å². The number of benzene rings is 2. The van der Waals surface area contributed by atoms with Crippen LogP contribution in [0.1, 0.15) is 35.6 Å². The van der Waals surface area contributed by atoms with Crippen LogP contribution in [0, 0.1) is 0 Å². The molecule has 0 aliphatic carbocycles. The maximum absolute atomic E-state index is 6.50. The predicted octanol–water partition coefficient (Wildman–Crippen LogP) is 4.92. The van der Waals surface area contributed by atoms with E-state index in [0.717, 1.165) is 45.1 Å². The van der Waals surface area contributed by atoms with E-state index in [0.29, 0.717) is 5.02 Å². The number of nitrogens with zero attached hydrogens (tertiary/aromatic N) is 3. The molecular formula is C20H18BrClN4. The first-order valence-electron chi connectivity index (χ1n) is 8.44. The molecule has 4 rings (SSSR count). The summed E-state index contributed by atoms with van der Waals surface area (Å²) in [5, 5.41) is 3.92. The van der Waals surface area contributed by atoms with Crippen molar-refractivity contribution >= 4 is 33.2 Å². The van der Waals surface area contributed by atoms with E-state index in [4.69, 9.17) is 16.6 Å². The Morgan fingerprint density at radius 2 is 2.00 bits per heavy atom. The molecule has 1 aliphatic heterocycles. The Balaban J connectivity index is 2.02. The molecule has 0 bridgehead atoms. The van der Waals surface area contributed by atoms with Gasteiger partial charge in [0.1, 0.15) is 11.9 Å². The van der Waals surface area contributed by atoms with E-state index in [2.05, 4.69) is 49.9 Å². The lowest BCUT2D eigenvalue weighted by Gasteiger charge is -2.15. The van der Waals surface area contributed by atoms with Gasteiger partial charge in [0.15, 0.2) is 0 Å². The zero-order valence-corrected chi connectivity index (χ0v) is 16.8. The Kier molecular flexibility index (Phi) is 4.69. The van der Waals surface area contributed by atoms with Gasteiger partial charge in [0.25, 0.3) is 0 Å². The van der Waals surface area contributed by atoms with Gasteiger partial charge in [-0.25, -0.2) is 4.98 Å². The highest BCUT2D eigenvalue weighted by molar-refractivity contribution is 9.10. The number of hydrogen-bond donors (Lipinski definition) is 1. The van der Waals surface area contributed by atoms with Crippen molar-refractivity contribution in [3.63, 3.8) is 0 Å². The number of aliphatic imine (C=N–C) groups is 1. The van der Waals surface area contributed by atoms with Crippen LogP contribution < -0.4 is 5.32 Å². The Morgan fingerprint density at radius 1 is 1.19 bits per heavy atom. The molecule has 0 fully saturated rings. The zero-order chi connectivity index (χ0) is 18.3. The predicted molar refractivity (Wildman–Crippen MR) is 110 cm³/mol. The fourth-order valence-electron chi connectivity index (χ4n) is 3.36. The molecule has 3 aromatic rings. The fourth-order valence-corrected chi connectivity index (χ4v) is 3.93. The van der Waals surface area contributed by atoms with Crippen molar-refractivity contribution in [2.45, 2.75) is 19.5 Å². The fraction of sp³-hybridized carbons (Fsp3) is 0.200. The summed E-state index contributed by atoms with van der Waals surface area (Å²) in [6, 6.07) is 14.0. The average Bonchev–Trinajstić information content (AvgIpc) is 2.99. The van der Waals surface area contributed by atoms with Crippen LogP contribution in [0.2, 0.25) is 5.02 Å². The van der Waals surface area contributed by atoms with E-state index in [1.165, 1.54) is 0 Å². The smallest absolute Gasteiger partial charge is 0.138 e. The van der Waals surface area contributed by atoms with Crippen molar-refractivity contribution < 1.29 is 0 Å². The molecule has 0 spiro atoms. The summed E-state index contributed by atoms with van der Waals surface area (Å²) in [5.41, 5.74) is 5.03. The highest BCUT2D eigenvalue weighted by Gasteiger charge is 2.26. The molecule has 2 heterocycles. The maximum atomic E-state index is 6.50. The third-order valence-electron chi connectivity index (χ3n) is 4.50. The molecule has 0 radical (unpaired) electrons. The highest BCUT2D eigenvalue weighted by Crippen LogP contribution is 2.34. The van der Waals surface area contributed by atoms with Crippen LogP contribution in [0.4, 0.5) is 0 Å². The summed E-state index contributed by atoms with van der Waals surface area (Å²) < 4.78 is 3.22. The van der Waals surface area contributed by atoms with Gasteiger partial charge in [0.2, 0.25) is 0 Å². The van der Waals surface area contributed by atoms with E-state index < -0.39 is 0 Å². The van der Waals surface area contributed by atoms with Crippen molar-refractivity contribution in [2.75, 3.05) is 7.05 Å². The third kappa shape index (κ3) is 2.90. The van der Waals surface area contributed by atoms with Crippen molar-refractivity contribution in [3.8, 4) is 5.69 Å². The molecule has 1 aromatic heterocycles. The second-order valence-corrected chi connectivity index (χ2v) is 7.59. The Labute approximate surface area is 166 Å². The van der Waals surface area contributed by atoms with Crippen LogP contribution in [0.5, 0.6) is 0 Å². The highest BCUT2D eigenvalue weighted by atomic mass is 79.9. The first-order chi connectivity index (χ1) is 12.6. The minimum Gasteiger partial charge on any atom is -0.314 e. The minimum atomic E-state index is -0.0851. The molecule has 1 unspecified atom stereocenters. The number of aromatic nitrogens is 2. The van der Waals surface area contributed by atoms with E-state index in [-0.39, 0.29) is 6.04 Å². The molecule has 0 amide bonds. The Bertz CT molecular complexity index is 1010. The summed E-state index contributed by atoms with van der Waals surface area (Å²) in [5.74, 6) is 0.927. The van der Waals surface area contributed by atoms with Gasteiger partial charge in [-0.3, -0.25) is 9.56 Å². The molecule has 4 nitrogen and oxygen atoms in total. The number of nitrogens with one attached hydrogen (secondary N) is 1. The van der Waals surface area contributed by atoms with Gasteiger partial charge in [0.05, 0.1) is 23.3 Å². The van der Waals surface area contributed by atoms with Crippen molar-refractivity contribution in [1.29, 1.82) is 0 Å². The SMILES string of the molecule is CNCc1cnc2n1-c1cc(Br)ccc1C(c1ccccc1Cl)=NC2C. The van der Waals surface area contributed by atoms with E-state index >= 15 is 0 Å². The largest absolute Gasteiger partial charge is 0.314 e. The maximum Gasteiger partial charge on any atom is 0.138 e. The van der Waals surface area contributed by atoms with Crippen LogP contribution in [-0.4, -0.2) is 22.3 Å². The second-order valence-electron chi connectivity index (χ2n) is 6.27. The first kappa shape index (κ1) is 17.5. The molecule has 26 heavy (non-hydrogen) atoms. The Hall–Kier alpha value is -1.95. The second kappa shape index (κ2) is 6.99. The molecule has 132 valence electrons. The van der Waals surface area contributed by atoms with Crippen LogP contribution >= 0.6 is 27.5 Å². The number of hydrogen-bond acceptors (Lipinski definition) is 3. The lowest BCUT2D eigenvalue weighted by Crippen LogP contribution is -2.13.